The van der Waals surface area contributed by atoms with E-state index in [4.69, 9.17) is 0 Å². The molecule has 0 fully saturated rings. The highest BCUT2D eigenvalue weighted by Gasteiger charge is 1.97. The standard InChI is InChI=1S/C15H14N2O2/c1-11(12-5-3-2-4-6-12)16-17-14-9-7-13(8-10-14)15(18)19/h2-10,17H,1H3,(H,18,19)/p-1/b16-11-. The first-order chi connectivity index (χ1) is 9.16. The van der Waals surface area contributed by atoms with Crippen LogP contribution in [0.4, 0.5) is 5.69 Å². The molecule has 2 aromatic rings. The van der Waals surface area contributed by atoms with Gasteiger partial charge in [-0.2, -0.15) is 5.10 Å². The number of hydrogen-bond acceptors (Lipinski definition) is 4. The number of rotatable bonds is 4. The van der Waals surface area contributed by atoms with E-state index in [1.54, 1.807) is 12.1 Å². The molecule has 0 aliphatic heterocycles. The lowest BCUT2D eigenvalue weighted by atomic mass is 10.1. The molecule has 0 atom stereocenters. The Hall–Kier alpha value is -2.62. The van der Waals surface area contributed by atoms with Crippen LogP contribution in [0.5, 0.6) is 0 Å². The molecule has 0 saturated heterocycles. The van der Waals surface area contributed by atoms with Gasteiger partial charge in [0, 0.05) is 0 Å². The average molecular weight is 253 g/mol. The van der Waals surface area contributed by atoms with Crippen molar-refractivity contribution in [3.05, 3.63) is 65.7 Å². The summed E-state index contributed by atoms with van der Waals surface area (Å²) in [5.74, 6) is -1.18. The summed E-state index contributed by atoms with van der Waals surface area (Å²) in [6, 6.07) is 16.0. The predicted octanol–water partition coefficient (Wildman–Crippen LogP) is 1.89. The molecule has 1 N–H and O–H groups in total. The van der Waals surface area contributed by atoms with Gasteiger partial charge >= 0.3 is 0 Å². The zero-order valence-corrected chi connectivity index (χ0v) is 10.5. The second-order valence-electron chi connectivity index (χ2n) is 4.04. The number of hydrogen-bond donors (Lipinski definition) is 1. The summed E-state index contributed by atoms with van der Waals surface area (Å²) in [5.41, 5.74) is 5.63. The molecule has 4 nitrogen and oxygen atoms in total. The number of carbonyl (C=O) groups excluding carboxylic acids is 1. The molecule has 19 heavy (non-hydrogen) atoms. The Morgan fingerprint density at radius 3 is 2.21 bits per heavy atom. The fraction of sp³-hybridized carbons (Fsp3) is 0.0667. The number of anilines is 1. The Morgan fingerprint density at radius 2 is 1.63 bits per heavy atom. The van der Waals surface area contributed by atoms with Crippen LogP contribution in [-0.2, 0) is 0 Å². The third-order valence-corrected chi connectivity index (χ3v) is 2.66. The summed E-state index contributed by atoms with van der Waals surface area (Å²) >= 11 is 0. The largest absolute Gasteiger partial charge is 0.545 e. The number of carbonyl (C=O) groups is 1. The second kappa shape index (κ2) is 5.82. The number of nitrogens with one attached hydrogen (secondary N) is 1. The van der Waals surface area contributed by atoms with Crippen molar-refractivity contribution < 1.29 is 9.90 Å². The first-order valence-corrected chi connectivity index (χ1v) is 5.84. The smallest absolute Gasteiger partial charge is 0.0715 e. The van der Waals surface area contributed by atoms with E-state index < -0.39 is 5.97 Å². The van der Waals surface area contributed by atoms with E-state index >= 15 is 0 Å². The highest BCUT2D eigenvalue weighted by atomic mass is 16.4. The molecule has 2 rings (SSSR count). The molecule has 0 aromatic heterocycles. The lowest BCUT2D eigenvalue weighted by Crippen LogP contribution is -2.21. The molecular weight excluding hydrogens is 240 g/mol. The van der Waals surface area contributed by atoms with Gasteiger partial charge in [-0.1, -0.05) is 42.5 Å². The van der Waals surface area contributed by atoms with Gasteiger partial charge in [-0.25, -0.2) is 0 Å². The van der Waals surface area contributed by atoms with Crippen molar-refractivity contribution in [1.29, 1.82) is 0 Å². The van der Waals surface area contributed by atoms with Crippen molar-refractivity contribution in [3.8, 4) is 0 Å². The monoisotopic (exact) mass is 253 g/mol. The predicted molar refractivity (Wildman–Crippen MR) is 73.0 cm³/mol. The van der Waals surface area contributed by atoms with Crippen LogP contribution in [0.25, 0.3) is 0 Å². The van der Waals surface area contributed by atoms with E-state index in [9.17, 15) is 9.90 Å². The summed E-state index contributed by atoms with van der Waals surface area (Å²) < 4.78 is 0. The minimum atomic E-state index is -1.18. The van der Waals surface area contributed by atoms with Gasteiger partial charge in [0.1, 0.15) is 0 Å². The lowest BCUT2D eigenvalue weighted by Gasteiger charge is -2.05. The summed E-state index contributed by atoms with van der Waals surface area (Å²) in [5, 5.41) is 14.8. The highest BCUT2D eigenvalue weighted by molar-refractivity contribution is 5.99. The maximum atomic E-state index is 10.6. The van der Waals surface area contributed by atoms with Gasteiger partial charge in [-0.15, -0.1) is 0 Å². The third kappa shape index (κ3) is 3.42. The number of benzene rings is 2. The minimum absolute atomic E-state index is 0.148. The van der Waals surface area contributed by atoms with Gasteiger partial charge in [-0.05, 0) is 30.2 Å². The molecule has 0 spiro atoms. The van der Waals surface area contributed by atoms with Crippen LogP contribution < -0.4 is 10.5 Å². The van der Waals surface area contributed by atoms with E-state index in [0.717, 1.165) is 17.0 Å². The highest BCUT2D eigenvalue weighted by Crippen LogP contribution is 2.09. The number of nitrogens with zero attached hydrogens (tertiary/aromatic N) is 1. The second-order valence-corrected chi connectivity index (χ2v) is 4.04. The van der Waals surface area contributed by atoms with Gasteiger partial charge in [0.2, 0.25) is 0 Å². The van der Waals surface area contributed by atoms with E-state index in [-0.39, 0.29) is 5.56 Å². The van der Waals surface area contributed by atoms with Crippen molar-refractivity contribution in [2.24, 2.45) is 5.10 Å². The lowest BCUT2D eigenvalue weighted by molar-refractivity contribution is -0.255. The molecule has 0 heterocycles. The first-order valence-electron chi connectivity index (χ1n) is 5.84. The zero-order chi connectivity index (χ0) is 13.7. The fourth-order valence-electron chi connectivity index (χ4n) is 1.57. The molecule has 0 aliphatic rings. The normalized spacial score (nSPS) is 11.1. The number of carboxylic acid groups (broad SMARTS) is 1. The van der Waals surface area contributed by atoms with Gasteiger partial charge in [0.15, 0.2) is 0 Å². The Kier molecular flexibility index (Phi) is 3.93. The van der Waals surface area contributed by atoms with Crippen LogP contribution in [-0.4, -0.2) is 11.7 Å². The van der Waals surface area contributed by atoms with Crippen LogP contribution in [0.1, 0.15) is 22.8 Å². The van der Waals surface area contributed by atoms with Crippen LogP contribution in [0, 0.1) is 0 Å². The quantitative estimate of drug-likeness (QED) is 0.668. The fourth-order valence-corrected chi connectivity index (χ4v) is 1.57. The molecule has 0 saturated carbocycles. The van der Waals surface area contributed by atoms with Crippen molar-refractivity contribution in [1.82, 2.24) is 0 Å². The van der Waals surface area contributed by atoms with Crippen molar-refractivity contribution in [2.45, 2.75) is 6.92 Å². The Morgan fingerprint density at radius 1 is 1.00 bits per heavy atom. The van der Waals surface area contributed by atoms with E-state index in [0.29, 0.717) is 0 Å². The van der Waals surface area contributed by atoms with Gasteiger partial charge in [-0.3, -0.25) is 5.43 Å². The van der Waals surface area contributed by atoms with E-state index in [1.807, 2.05) is 37.3 Å². The van der Waals surface area contributed by atoms with Crippen LogP contribution in [0.2, 0.25) is 0 Å². The molecule has 0 amide bonds. The topological polar surface area (TPSA) is 64.5 Å². The van der Waals surface area contributed by atoms with Crippen molar-refractivity contribution in [3.63, 3.8) is 0 Å². The Balaban J connectivity index is 2.08. The molecule has 0 aliphatic carbocycles. The first kappa shape index (κ1) is 12.8. The van der Waals surface area contributed by atoms with Crippen LogP contribution in [0.3, 0.4) is 0 Å². The van der Waals surface area contributed by atoms with Gasteiger partial charge in [0.05, 0.1) is 17.4 Å². The van der Waals surface area contributed by atoms with Crippen LogP contribution >= 0.6 is 0 Å². The zero-order valence-electron chi connectivity index (χ0n) is 10.5. The maximum absolute atomic E-state index is 10.6. The summed E-state index contributed by atoms with van der Waals surface area (Å²) in [6.45, 7) is 1.90. The van der Waals surface area contributed by atoms with Gasteiger partial charge in [0.25, 0.3) is 0 Å². The van der Waals surface area contributed by atoms with Crippen molar-refractivity contribution >= 4 is 17.4 Å². The molecular formula is C15H13N2O2-. The van der Waals surface area contributed by atoms with Crippen LogP contribution in [0.15, 0.2) is 59.7 Å². The maximum Gasteiger partial charge on any atom is 0.0715 e. The minimum Gasteiger partial charge on any atom is -0.545 e. The molecule has 0 radical (unpaired) electrons. The van der Waals surface area contributed by atoms with E-state index in [2.05, 4.69) is 10.5 Å². The molecule has 0 bridgehead atoms. The summed E-state index contributed by atoms with van der Waals surface area (Å²) in [6.07, 6.45) is 0. The van der Waals surface area contributed by atoms with Gasteiger partial charge < -0.3 is 9.90 Å². The number of hydrazone groups is 1. The Labute approximate surface area is 111 Å². The molecule has 96 valence electrons. The summed E-state index contributed by atoms with van der Waals surface area (Å²) in [4.78, 5) is 10.6. The summed E-state index contributed by atoms with van der Waals surface area (Å²) in [7, 11) is 0. The SMILES string of the molecule is C/C(=N/Nc1ccc(C(=O)[O-])cc1)c1ccccc1. The number of aromatic carboxylic acids is 1. The number of carboxylic acids is 1. The molecule has 0 unspecified atom stereocenters. The average Bonchev–Trinajstić information content (AvgIpc) is 2.46. The molecule has 4 heteroatoms. The Bertz CT molecular complexity index is 589. The third-order valence-electron chi connectivity index (χ3n) is 2.66. The van der Waals surface area contributed by atoms with Crippen molar-refractivity contribution in [2.75, 3.05) is 5.43 Å². The molecule has 2 aromatic carbocycles. The van der Waals surface area contributed by atoms with E-state index in [1.165, 1.54) is 12.1 Å².